The number of thiophene rings is 1. The SMILES string of the molecule is Cc1cc(C(=O)CCC(=O)NCCCCC(=O)O)c(C)s1. The van der Waals surface area contributed by atoms with E-state index < -0.39 is 5.97 Å². The van der Waals surface area contributed by atoms with Gasteiger partial charge in [0.15, 0.2) is 5.78 Å². The van der Waals surface area contributed by atoms with Crippen molar-refractivity contribution in [3.05, 3.63) is 21.4 Å². The molecule has 0 aromatic carbocycles. The van der Waals surface area contributed by atoms with Crippen LogP contribution in [0.4, 0.5) is 0 Å². The minimum Gasteiger partial charge on any atom is -0.481 e. The average molecular weight is 311 g/mol. The molecule has 21 heavy (non-hydrogen) atoms. The van der Waals surface area contributed by atoms with Gasteiger partial charge in [0.25, 0.3) is 0 Å². The highest BCUT2D eigenvalue weighted by molar-refractivity contribution is 7.12. The van der Waals surface area contributed by atoms with Crippen LogP contribution in [0.15, 0.2) is 6.07 Å². The molecule has 0 aliphatic heterocycles. The lowest BCUT2D eigenvalue weighted by atomic mass is 10.1. The van der Waals surface area contributed by atoms with Crippen molar-refractivity contribution in [3.63, 3.8) is 0 Å². The number of aryl methyl sites for hydroxylation is 2. The minimum absolute atomic E-state index is 0.00197. The molecule has 116 valence electrons. The molecule has 0 saturated carbocycles. The van der Waals surface area contributed by atoms with Crippen LogP contribution in [-0.2, 0) is 9.59 Å². The zero-order valence-electron chi connectivity index (χ0n) is 12.4. The van der Waals surface area contributed by atoms with E-state index in [4.69, 9.17) is 5.11 Å². The van der Waals surface area contributed by atoms with Gasteiger partial charge in [-0.2, -0.15) is 0 Å². The first-order valence-corrected chi connectivity index (χ1v) is 7.80. The van der Waals surface area contributed by atoms with Crippen LogP contribution < -0.4 is 5.32 Å². The Hall–Kier alpha value is -1.69. The predicted octanol–water partition coefficient (Wildman–Crippen LogP) is 2.70. The fourth-order valence-corrected chi connectivity index (χ4v) is 2.93. The van der Waals surface area contributed by atoms with E-state index >= 15 is 0 Å². The largest absolute Gasteiger partial charge is 0.481 e. The summed E-state index contributed by atoms with van der Waals surface area (Å²) in [6.45, 7) is 4.32. The first kappa shape index (κ1) is 17.4. The standard InChI is InChI=1S/C15H21NO4S/c1-10-9-12(11(2)21-10)13(17)6-7-14(18)16-8-4-3-5-15(19)20/h9H,3-8H2,1-2H3,(H,16,18)(H,19,20). The third-order valence-electron chi connectivity index (χ3n) is 3.06. The van der Waals surface area contributed by atoms with Crippen molar-refractivity contribution < 1.29 is 19.5 Å². The molecule has 1 aromatic heterocycles. The molecule has 0 aliphatic carbocycles. The van der Waals surface area contributed by atoms with Gasteiger partial charge in [-0.1, -0.05) is 0 Å². The van der Waals surface area contributed by atoms with Crippen molar-refractivity contribution in [1.82, 2.24) is 5.32 Å². The Morgan fingerprint density at radius 2 is 1.86 bits per heavy atom. The van der Waals surface area contributed by atoms with Crippen molar-refractivity contribution in [2.24, 2.45) is 0 Å². The second-order valence-electron chi connectivity index (χ2n) is 4.95. The molecular weight excluding hydrogens is 290 g/mol. The van der Waals surface area contributed by atoms with E-state index in [1.54, 1.807) is 11.3 Å². The average Bonchev–Trinajstić information content (AvgIpc) is 2.74. The number of amides is 1. The normalized spacial score (nSPS) is 10.4. The van der Waals surface area contributed by atoms with Crippen molar-refractivity contribution in [2.45, 2.75) is 46.0 Å². The molecule has 0 aliphatic rings. The highest BCUT2D eigenvalue weighted by atomic mass is 32.1. The van der Waals surface area contributed by atoms with Gasteiger partial charge in [0.1, 0.15) is 0 Å². The highest BCUT2D eigenvalue weighted by Crippen LogP contribution is 2.22. The van der Waals surface area contributed by atoms with E-state index in [2.05, 4.69) is 5.32 Å². The van der Waals surface area contributed by atoms with Crippen LogP contribution in [0.5, 0.6) is 0 Å². The second kappa shape index (κ2) is 8.56. The second-order valence-corrected chi connectivity index (χ2v) is 6.41. The maximum Gasteiger partial charge on any atom is 0.303 e. The summed E-state index contributed by atoms with van der Waals surface area (Å²) < 4.78 is 0. The number of hydrogen-bond acceptors (Lipinski definition) is 4. The zero-order valence-corrected chi connectivity index (χ0v) is 13.2. The van der Waals surface area contributed by atoms with Gasteiger partial charge in [-0.15, -0.1) is 11.3 Å². The number of aliphatic carboxylic acids is 1. The lowest BCUT2D eigenvalue weighted by Gasteiger charge is -2.04. The van der Waals surface area contributed by atoms with E-state index in [9.17, 15) is 14.4 Å². The number of rotatable bonds is 9. The molecule has 0 atom stereocenters. The monoisotopic (exact) mass is 311 g/mol. The molecule has 1 amide bonds. The van der Waals surface area contributed by atoms with E-state index in [0.717, 1.165) is 9.75 Å². The Bertz CT molecular complexity index is 522. The summed E-state index contributed by atoms with van der Waals surface area (Å²) in [5.41, 5.74) is 0.715. The fourth-order valence-electron chi connectivity index (χ4n) is 1.99. The smallest absolute Gasteiger partial charge is 0.303 e. The number of carbonyl (C=O) groups excluding carboxylic acids is 2. The number of carbonyl (C=O) groups is 3. The van der Waals surface area contributed by atoms with Crippen LogP contribution in [0.1, 0.15) is 52.2 Å². The van der Waals surface area contributed by atoms with Crippen molar-refractivity contribution in [3.8, 4) is 0 Å². The van der Waals surface area contributed by atoms with Gasteiger partial charge in [-0.25, -0.2) is 0 Å². The van der Waals surface area contributed by atoms with E-state index in [1.165, 1.54) is 0 Å². The Morgan fingerprint density at radius 1 is 1.14 bits per heavy atom. The topological polar surface area (TPSA) is 83.5 Å². The quantitative estimate of drug-likeness (QED) is 0.542. The van der Waals surface area contributed by atoms with Crippen LogP contribution in [0.2, 0.25) is 0 Å². The van der Waals surface area contributed by atoms with Crippen LogP contribution in [0, 0.1) is 13.8 Å². The Balaban J connectivity index is 2.22. The van der Waals surface area contributed by atoms with Gasteiger partial charge in [-0.05, 0) is 32.8 Å². The number of carboxylic acid groups (broad SMARTS) is 1. The summed E-state index contributed by atoms with van der Waals surface area (Å²) in [4.78, 5) is 36.0. The number of hydrogen-bond donors (Lipinski definition) is 2. The van der Waals surface area contributed by atoms with Gasteiger partial charge in [0, 0.05) is 41.1 Å². The Kier molecular flexibility index (Phi) is 7.08. The first-order chi connectivity index (χ1) is 9.90. The summed E-state index contributed by atoms with van der Waals surface area (Å²) >= 11 is 1.58. The minimum atomic E-state index is -0.826. The van der Waals surface area contributed by atoms with Crippen LogP contribution in [0.3, 0.4) is 0 Å². The highest BCUT2D eigenvalue weighted by Gasteiger charge is 2.13. The van der Waals surface area contributed by atoms with E-state index in [1.807, 2.05) is 19.9 Å². The summed E-state index contributed by atoms with van der Waals surface area (Å²) in [6.07, 6.45) is 1.67. The maximum absolute atomic E-state index is 12.0. The van der Waals surface area contributed by atoms with E-state index in [-0.39, 0.29) is 31.0 Å². The summed E-state index contributed by atoms with van der Waals surface area (Å²) in [5, 5.41) is 11.2. The molecule has 0 bridgehead atoms. The Labute approximate surface area is 128 Å². The van der Waals surface area contributed by atoms with Gasteiger partial charge in [0.05, 0.1) is 0 Å². The third-order valence-corrected chi connectivity index (χ3v) is 4.03. The van der Waals surface area contributed by atoms with Gasteiger partial charge in [-0.3, -0.25) is 14.4 Å². The molecule has 5 nitrogen and oxygen atoms in total. The maximum atomic E-state index is 12.0. The van der Waals surface area contributed by atoms with Crippen LogP contribution >= 0.6 is 11.3 Å². The van der Waals surface area contributed by atoms with Gasteiger partial charge in [0.2, 0.25) is 5.91 Å². The third kappa shape index (κ3) is 6.53. The Morgan fingerprint density at radius 3 is 2.43 bits per heavy atom. The number of ketones is 1. The summed E-state index contributed by atoms with van der Waals surface area (Å²) in [6, 6.07) is 1.87. The molecule has 0 radical (unpaired) electrons. The van der Waals surface area contributed by atoms with Gasteiger partial charge < -0.3 is 10.4 Å². The molecule has 2 N–H and O–H groups in total. The number of Topliss-reactive ketones (excluding diaryl/α,β-unsaturated/α-hetero) is 1. The van der Waals surface area contributed by atoms with Crippen molar-refractivity contribution in [2.75, 3.05) is 6.54 Å². The van der Waals surface area contributed by atoms with Crippen molar-refractivity contribution in [1.29, 1.82) is 0 Å². The first-order valence-electron chi connectivity index (χ1n) is 6.99. The predicted molar refractivity (Wildman–Crippen MR) is 81.9 cm³/mol. The molecule has 1 heterocycles. The molecule has 6 heteroatoms. The molecule has 0 spiro atoms. The zero-order chi connectivity index (χ0) is 15.8. The molecule has 1 rings (SSSR count). The molecular formula is C15H21NO4S. The molecule has 0 saturated heterocycles. The lowest BCUT2D eigenvalue weighted by Crippen LogP contribution is -2.25. The molecule has 1 aromatic rings. The van der Waals surface area contributed by atoms with E-state index in [0.29, 0.717) is 24.9 Å². The number of carboxylic acids is 1. The van der Waals surface area contributed by atoms with Gasteiger partial charge >= 0.3 is 5.97 Å². The number of unbranched alkanes of at least 4 members (excludes halogenated alkanes) is 1. The van der Waals surface area contributed by atoms with Crippen molar-refractivity contribution >= 4 is 29.0 Å². The lowest BCUT2D eigenvalue weighted by molar-refractivity contribution is -0.137. The summed E-state index contributed by atoms with van der Waals surface area (Å²) in [5.74, 6) is -0.991. The van der Waals surface area contributed by atoms with Crippen LogP contribution in [-0.4, -0.2) is 29.3 Å². The summed E-state index contributed by atoms with van der Waals surface area (Å²) in [7, 11) is 0. The molecule has 0 fully saturated rings. The number of nitrogens with one attached hydrogen (secondary N) is 1. The van der Waals surface area contributed by atoms with Crippen LogP contribution in [0.25, 0.3) is 0 Å². The molecule has 0 unspecified atom stereocenters. The fraction of sp³-hybridized carbons (Fsp3) is 0.533.